The molecule has 198 valence electrons. The van der Waals surface area contributed by atoms with Gasteiger partial charge in [0.15, 0.2) is 17.3 Å². The highest BCUT2D eigenvalue weighted by Gasteiger charge is 2.35. The molecule has 0 saturated carbocycles. The molecule has 0 radical (unpaired) electrons. The van der Waals surface area contributed by atoms with E-state index in [0.29, 0.717) is 13.0 Å². The fourth-order valence-electron chi connectivity index (χ4n) is 3.62. The molecule has 0 spiro atoms. The number of phenolic OH excluding ortho intramolecular Hbond substituents is 1. The third-order valence-corrected chi connectivity index (χ3v) is 7.25. The van der Waals surface area contributed by atoms with Crippen LogP contribution in [0.25, 0.3) is 11.4 Å². The lowest BCUT2D eigenvalue weighted by Crippen LogP contribution is -2.34. The Morgan fingerprint density at radius 3 is 2.63 bits per heavy atom. The van der Waals surface area contributed by atoms with Crippen LogP contribution in [0.2, 0.25) is 0 Å². The van der Waals surface area contributed by atoms with E-state index in [0.717, 1.165) is 5.56 Å². The number of ether oxygens (including phenoxy) is 2. The summed E-state index contributed by atoms with van der Waals surface area (Å²) in [7, 11) is -2.75. The van der Waals surface area contributed by atoms with Crippen LogP contribution in [0.5, 0.6) is 11.5 Å². The van der Waals surface area contributed by atoms with Crippen LogP contribution in [0.3, 0.4) is 0 Å². The van der Waals surface area contributed by atoms with Crippen molar-refractivity contribution in [2.24, 2.45) is 4.99 Å². The van der Waals surface area contributed by atoms with Gasteiger partial charge in [0, 0.05) is 31.3 Å². The second-order valence-electron chi connectivity index (χ2n) is 8.34. The van der Waals surface area contributed by atoms with Gasteiger partial charge in [-0.25, -0.2) is 23.4 Å². The van der Waals surface area contributed by atoms with E-state index >= 15 is 0 Å². The lowest BCUT2D eigenvalue weighted by molar-refractivity contribution is 0.0466. The lowest BCUT2D eigenvalue weighted by atomic mass is 10.2. The smallest absolute Gasteiger partial charge is 0.243 e. The van der Waals surface area contributed by atoms with E-state index in [2.05, 4.69) is 41.3 Å². The van der Waals surface area contributed by atoms with Gasteiger partial charge in [-0.15, -0.1) is 10.2 Å². The van der Waals surface area contributed by atoms with Crippen LogP contribution in [0.1, 0.15) is 43.6 Å². The number of methoxy groups -OCH3 is 1. The van der Waals surface area contributed by atoms with Crippen LogP contribution in [-0.2, 0) is 14.8 Å². The Morgan fingerprint density at radius 2 is 1.97 bits per heavy atom. The molecule has 0 saturated heterocycles. The number of para-hydroxylation sites is 1. The van der Waals surface area contributed by atoms with E-state index in [4.69, 9.17) is 9.47 Å². The number of hydrogen-bond acceptors (Lipinski definition) is 10. The molecule has 3 aromatic rings. The minimum Gasteiger partial charge on any atom is -0.506 e. The molecule has 0 amide bonds. The van der Waals surface area contributed by atoms with Crippen LogP contribution < -0.4 is 9.46 Å². The first-order valence-corrected chi connectivity index (χ1v) is 13.3. The molecular weight excluding hydrogens is 510 g/mol. The van der Waals surface area contributed by atoms with Gasteiger partial charge in [0.25, 0.3) is 0 Å². The molecule has 0 aliphatic carbocycles. The van der Waals surface area contributed by atoms with Crippen molar-refractivity contribution in [2.45, 2.75) is 38.5 Å². The van der Waals surface area contributed by atoms with Crippen LogP contribution in [0.4, 0.5) is 5.95 Å². The van der Waals surface area contributed by atoms with Gasteiger partial charge in [0.2, 0.25) is 16.0 Å². The maximum absolute atomic E-state index is 13.7. The number of aliphatic imine (C=N–C) groups is 1. The lowest BCUT2D eigenvalue weighted by Gasteiger charge is -2.24. The first-order chi connectivity index (χ1) is 18.3. The topological polar surface area (TPSA) is 154 Å². The summed E-state index contributed by atoms with van der Waals surface area (Å²) < 4.78 is 42.4. The summed E-state index contributed by atoms with van der Waals surface area (Å²) in [6.07, 6.45) is 5.96. The zero-order valence-electron chi connectivity index (χ0n) is 21.3. The quantitative estimate of drug-likeness (QED) is 0.351. The molecule has 38 heavy (non-hydrogen) atoms. The Labute approximate surface area is 220 Å². The van der Waals surface area contributed by atoms with E-state index in [1.807, 2.05) is 13.8 Å². The van der Waals surface area contributed by atoms with Crippen molar-refractivity contribution in [1.82, 2.24) is 24.7 Å². The molecule has 0 fully saturated rings. The van der Waals surface area contributed by atoms with Gasteiger partial charge >= 0.3 is 0 Å². The van der Waals surface area contributed by atoms with Crippen LogP contribution in [0, 0.1) is 6.92 Å². The predicted octanol–water partition coefficient (Wildman–Crippen LogP) is 3.11. The number of phenols is 1. The van der Waals surface area contributed by atoms with Crippen molar-refractivity contribution in [3.63, 3.8) is 0 Å². The monoisotopic (exact) mass is 537 g/mol. The van der Waals surface area contributed by atoms with Crippen LogP contribution in [0.15, 0.2) is 53.1 Å². The Balaban J connectivity index is 1.80. The summed E-state index contributed by atoms with van der Waals surface area (Å²) in [6.45, 7) is 5.56. The zero-order chi connectivity index (χ0) is 27.3. The maximum atomic E-state index is 13.7. The molecule has 3 heterocycles. The molecule has 2 aromatic heterocycles. The molecule has 0 unspecified atom stereocenters. The summed E-state index contributed by atoms with van der Waals surface area (Å²) in [5.74, 6) is 0.190. The Bertz CT molecular complexity index is 1550. The number of aromatic hydroxyl groups is 1. The first-order valence-electron chi connectivity index (χ1n) is 11.7. The summed E-state index contributed by atoms with van der Waals surface area (Å²) in [5.41, 5.74) is 6.77. The standard InChI is InChI=1S/C25H27N7O5S/c1-5-13-37-22(23-27-14-16(2)15-28-23)17(3)38(34,35)31-25-30-29-24(18-9-6-7-12-26-18)32(25)21-19(33)10-8-11-20(21)36-4/h7-8,10-12,14-15,17,22,33H,5,13H2,1-4H3,(H,30,31)/t17-,22+/m0/s1. The molecule has 1 aromatic carbocycles. The normalized spacial score (nSPS) is 14.3. The fourth-order valence-corrected chi connectivity index (χ4v) is 4.72. The largest absolute Gasteiger partial charge is 0.506 e. The third-order valence-electron chi connectivity index (χ3n) is 5.55. The molecule has 1 aliphatic heterocycles. The highest BCUT2D eigenvalue weighted by molar-refractivity contribution is 7.93. The minimum absolute atomic E-state index is 0.104. The molecule has 12 nitrogen and oxygen atoms in total. The molecule has 0 bridgehead atoms. The average molecular weight is 538 g/mol. The number of benzene rings is 1. The van der Waals surface area contributed by atoms with Gasteiger partial charge < -0.3 is 14.6 Å². The van der Waals surface area contributed by atoms with Crippen molar-refractivity contribution in [2.75, 3.05) is 18.4 Å². The molecule has 4 rings (SSSR count). The molecule has 1 aliphatic rings. The maximum Gasteiger partial charge on any atom is 0.243 e. The van der Waals surface area contributed by atoms with Crippen LogP contribution in [-0.4, -0.2) is 63.4 Å². The first kappa shape index (κ1) is 26.8. The van der Waals surface area contributed by atoms with Gasteiger partial charge in [0.05, 0.1) is 7.11 Å². The second-order valence-corrected chi connectivity index (χ2v) is 10.4. The Hall–Kier alpha value is -4.28. The van der Waals surface area contributed by atoms with Crippen LogP contribution >= 0.6 is 0 Å². The van der Waals surface area contributed by atoms with E-state index < -0.39 is 21.4 Å². The van der Waals surface area contributed by atoms with E-state index in [9.17, 15) is 13.5 Å². The highest BCUT2D eigenvalue weighted by Crippen LogP contribution is 2.36. The van der Waals surface area contributed by atoms with Crippen molar-refractivity contribution < 1.29 is 23.0 Å². The van der Waals surface area contributed by atoms with Gasteiger partial charge in [-0.3, -0.25) is 9.29 Å². The number of allylic oxidation sites excluding steroid dienone is 1. The van der Waals surface area contributed by atoms with Crippen molar-refractivity contribution in [1.29, 1.82) is 0 Å². The average Bonchev–Trinajstić information content (AvgIpc) is 3.32. The number of aromatic nitrogens is 5. The SMILES string of the molecule is CCCO[C@@H](c1ncc(C)cn1)[C@H](C)S(=O)(=O)Nc1nnc(C2=C=C=CC=N2)n1-c1c(O)cccc1OC. The fraction of sp³-hybridized carbons (Fsp3) is 0.320. The summed E-state index contributed by atoms with van der Waals surface area (Å²) in [6, 6.07) is 4.63. The van der Waals surface area contributed by atoms with Crippen molar-refractivity contribution >= 4 is 27.9 Å². The number of sulfonamides is 1. The van der Waals surface area contributed by atoms with Gasteiger partial charge in [-0.1, -0.05) is 18.7 Å². The van der Waals surface area contributed by atoms with Crippen molar-refractivity contribution in [3.8, 4) is 17.2 Å². The number of nitrogens with one attached hydrogen (secondary N) is 1. The summed E-state index contributed by atoms with van der Waals surface area (Å²) in [5, 5.41) is 17.8. The summed E-state index contributed by atoms with van der Waals surface area (Å²) in [4.78, 5) is 12.8. The van der Waals surface area contributed by atoms with Crippen molar-refractivity contribution in [3.05, 3.63) is 65.3 Å². The number of anilines is 1. The summed E-state index contributed by atoms with van der Waals surface area (Å²) >= 11 is 0. The van der Waals surface area contributed by atoms with Gasteiger partial charge in [-0.05, 0) is 43.7 Å². The Kier molecular flexibility index (Phi) is 8.04. The Morgan fingerprint density at radius 1 is 1.21 bits per heavy atom. The minimum atomic E-state index is -4.17. The number of nitrogens with zero attached hydrogens (tertiary/aromatic N) is 6. The second kappa shape index (κ2) is 11.4. The number of aryl methyl sites for hydroxylation is 1. The molecule has 2 N–H and O–H groups in total. The van der Waals surface area contributed by atoms with Gasteiger partial charge in [0.1, 0.15) is 28.5 Å². The third kappa shape index (κ3) is 5.51. The number of rotatable bonds is 11. The van der Waals surface area contributed by atoms with E-state index in [1.165, 1.54) is 30.9 Å². The molecular formula is C25H27N7O5S. The molecule has 2 atom stereocenters. The number of hydrogen-bond donors (Lipinski definition) is 2. The zero-order valence-corrected chi connectivity index (χ0v) is 22.1. The van der Waals surface area contributed by atoms with E-state index in [1.54, 1.807) is 30.6 Å². The molecule has 13 heteroatoms. The highest BCUT2D eigenvalue weighted by atomic mass is 32.2. The van der Waals surface area contributed by atoms with E-state index in [-0.39, 0.29) is 40.5 Å². The van der Waals surface area contributed by atoms with Gasteiger partial charge in [-0.2, -0.15) is 0 Å². The predicted molar refractivity (Wildman–Crippen MR) is 141 cm³/mol.